The number of benzene rings is 2. The number of allylic oxidation sites excluding steroid dienone is 1. The molecule has 4 aromatic rings. The summed E-state index contributed by atoms with van der Waals surface area (Å²) in [6.07, 6.45) is 7.72. The van der Waals surface area contributed by atoms with Crippen LogP contribution in [0.25, 0.3) is 17.0 Å². The first-order chi connectivity index (χ1) is 18.2. The Kier molecular flexibility index (Phi) is 15.1. The highest BCUT2D eigenvalue weighted by atomic mass is 35.5. The number of aromatic nitrogens is 3. The van der Waals surface area contributed by atoms with Gasteiger partial charge in [0, 0.05) is 34.2 Å². The SMILES string of the molecule is C=C(C)c1cnc(-c2ccc(Cl)cc2)[nH]1.CC.CCCC.Cc1ccc(C(=O)Nc2ccncc2)cc1C. The number of halogens is 1. The van der Waals surface area contributed by atoms with Crippen LogP contribution in [-0.2, 0) is 0 Å². The number of hydrogen-bond acceptors (Lipinski definition) is 3. The molecule has 1 amide bonds. The smallest absolute Gasteiger partial charge is 0.255 e. The maximum atomic E-state index is 11.9. The van der Waals surface area contributed by atoms with Crippen LogP contribution in [-0.4, -0.2) is 20.9 Å². The van der Waals surface area contributed by atoms with Crippen molar-refractivity contribution in [2.75, 3.05) is 5.32 Å². The summed E-state index contributed by atoms with van der Waals surface area (Å²) in [5.74, 6) is 0.740. The van der Waals surface area contributed by atoms with Gasteiger partial charge in [0.05, 0.1) is 11.9 Å². The Morgan fingerprint density at radius 3 is 2.05 bits per heavy atom. The topological polar surface area (TPSA) is 70.7 Å². The van der Waals surface area contributed by atoms with E-state index >= 15 is 0 Å². The van der Waals surface area contributed by atoms with Crippen LogP contribution in [0.5, 0.6) is 0 Å². The lowest BCUT2D eigenvalue weighted by Gasteiger charge is -2.06. The number of nitrogens with zero attached hydrogens (tertiary/aromatic N) is 2. The summed E-state index contributed by atoms with van der Waals surface area (Å²) in [7, 11) is 0. The molecule has 5 nitrogen and oxygen atoms in total. The molecule has 2 N–H and O–H groups in total. The van der Waals surface area contributed by atoms with Crippen LogP contribution in [0.2, 0.25) is 5.02 Å². The lowest BCUT2D eigenvalue weighted by molar-refractivity contribution is 0.102. The predicted octanol–water partition coefficient (Wildman–Crippen LogP) is 9.55. The minimum atomic E-state index is -0.0979. The number of H-pyrrole nitrogens is 1. The van der Waals surface area contributed by atoms with Crippen molar-refractivity contribution < 1.29 is 4.79 Å². The zero-order valence-electron chi connectivity index (χ0n) is 23.7. The van der Waals surface area contributed by atoms with Crippen molar-refractivity contribution in [3.63, 3.8) is 0 Å². The zero-order chi connectivity index (χ0) is 28.5. The number of amides is 1. The van der Waals surface area contributed by atoms with Gasteiger partial charge in [-0.25, -0.2) is 4.98 Å². The van der Waals surface area contributed by atoms with Crippen molar-refractivity contribution >= 4 is 28.8 Å². The number of hydrogen-bond donors (Lipinski definition) is 2. The van der Waals surface area contributed by atoms with Gasteiger partial charge in [-0.3, -0.25) is 9.78 Å². The van der Waals surface area contributed by atoms with E-state index in [4.69, 9.17) is 11.6 Å². The van der Waals surface area contributed by atoms with Gasteiger partial charge in [0.25, 0.3) is 5.91 Å². The van der Waals surface area contributed by atoms with Crippen molar-refractivity contribution in [2.24, 2.45) is 0 Å². The van der Waals surface area contributed by atoms with Gasteiger partial charge < -0.3 is 10.3 Å². The highest BCUT2D eigenvalue weighted by Gasteiger charge is 2.07. The van der Waals surface area contributed by atoms with E-state index in [1.165, 1.54) is 18.4 Å². The van der Waals surface area contributed by atoms with Crippen molar-refractivity contribution in [3.05, 3.63) is 107 Å². The second-order valence-corrected chi connectivity index (χ2v) is 8.86. The monoisotopic (exact) mass is 532 g/mol. The molecule has 4 rings (SSSR count). The van der Waals surface area contributed by atoms with Gasteiger partial charge in [0.1, 0.15) is 5.82 Å². The fourth-order valence-corrected chi connectivity index (χ4v) is 2.94. The first kappa shape index (κ1) is 32.3. The summed E-state index contributed by atoms with van der Waals surface area (Å²) < 4.78 is 0. The number of pyridine rings is 1. The molecule has 2 aromatic heterocycles. The lowest BCUT2D eigenvalue weighted by Crippen LogP contribution is -2.12. The minimum absolute atomic E-state index is 0.0979. The molecule has 0 radical (unpaired) electrons. The summed E-state index contributed by atoms with van der Waals surface area (Å²) in [4.78, 5) is 23.3. The summed E-state index contributed by atoms with van der Waals surface area (Å²) in [6.45, 7) is 18.2. The Hall–Kier alpha value is -3.70. The molecule has 0 aliphatic rings. The van der Waals surface area contributed by atoms with Crippen LogP contribution in [0, 0.1) is 13.8 Å². The van der Waals surface area contributed by atoms with Gasteiger partial charge in [-0.1, -0.05) is 64.8 Å². The molecule has 0 spiro atoms. The molecule has 0 bridgehead atoms. The molecule has 38 heavy (non-hydrogen) atoms. The van der Waals surface area contributed by atoms with E-state index < -0.39 is 0 Å². The van der Waals surface area contributed by atoms with E-state index in [0.29, 0.717) is 5.56 Å². The largest absolute Gasteiger partial charge is 0.338 e. The molecule has 0 saturated carbocycles. The molecule has 202 valence electrons. The Morgan fingerprint density at radius 2 is 1.55 bits per heavy atom. The summed E-state index contributed by atoms with van der Waals surface area (Å²) in [5.41, 5.74) is 6.68. The average Bonchev–Trinajstić information content (AvgIpc) is 3.44. The van der Waals surface area contributed by atoms with E-state index in [2.05, 4.69) is 40.7 Å². The van der Waals surface area contributed by atoms with E-state index in [0.717, 1.165) is 38.9 Å². The molecule has 2 aromatic carbocycles. The fraction of sp³-hybridized carbons (Fsp3) is 0.281. The quantitative estimate of drug-likeness (QED) is 0.269. The third-order valence-corrected chi connectivity index (χ3v) is 5.61. The second-order valence-electron chi connectivity index (χ2n) is 8.42. The highest BCUT2D eigenvalue weighted by molar-refractivity contribution is 6.30. The highest BCUT2D eigenvalue weighted by Crippen LogP contribution is 2.20. The maximum absolute atomic E-state index is 11.9. The number of aryl methyl sites for hydroxylation is 2. The van der Waals surface area contributed by atoms with Crippen molar-refractivity contribution in [2.45, 2.75) is 61.3 Å². The normalized spacial score (nSPS) is 9.47. The Labute approximate surface area is 233 Å². The minimum Gasteiger partial charge on any atom is -0.338 e. The summed E-state index contributed by atoms with van der Waals surface area (Å²) in [6, 6.07) is 16.8. The second kappa shape index (κ2) is 17.7. The van der Waals surface area contributed by atoms with Gasteiger partial charge in [0.2, 0.25) is 0 Å². The fourth-order valence-electron chi connectivity index (χ4n) is 2.81. The third-order valence-electron chi connectivity index (χ3n) is 5.36. The Bertz CT molecular complexity index is 1250. The number of aromatic amines is 1. The lowest BCUT2D eigenvalue weighted by atomic mass is 10.1. The first-order valence-corrected chi connectivity index (χ1v) is 13.4. The van der Waals surface area contributed by atoms with Gasteiger partial charge in [-0.2, -0.15) is 0 Å². The van der Waals surface area contributed by atoms with E-state index in [9.17, 15) is 4.79 Å². The number of imidazole rings is 1. The number of carbonyl (C=O) groups excluding carboxylic acids is 1. The summed E-state index contributed by atoms with van der Waals surface area (Å²) >= 11 is 5.81. The zero-order valence-corrected chi connectivity index (χ0v) is 24.5. The van der Waals surface area contributed by atoms with Crippen LogP contribution in [0.15, 0.2) is 79.8 Å². The number of anilines is 1. The Morgan fingerprint density at radius 1 is 0.947 bits per heavy atom. The van der Waals surface area contributed by atoms with E-state index in [1.54, 1.807) is 30.7 Å². The van der Waals surface area contributed by atoms with Gasteiger partial charge in [0.15, 0.2) is 0 Å². The maximum Gasteiger partial charge on any atom is 0.255 e. The van der Waals surface area contributed by atoms with Gasteiger partial charge in [-0.15, -0.1) is 0 Å². The molecule has 0 unspecified atom stereocenters. The Balaban J connectivity index is 0.000000317. The van der Waals surface area contributed by atoms with Crippen LogP contribution < -0.4 is 5.32 Å². The van der Waals surface area contributed by atoms with Crippen LogP contribution in [0.1, 0.15) is 74.6 Å². The molecular formula is C32H41ClN4O. The molecule has 6 heteroatoms. The van der Waals surface area contributed by atoms with Gasteiger partial charge >= 0.3 is 0 Å². The third kappa shape index (κ3) is 11.1. The van der Waals surface area contributed by atoms with Crippen LogP contribution in [0.3, 0.4) is 0 Å². The number of rotatable bonds is 5. The molecular weight excluding hydrogens is 492 g/mol. The molecule has 2 heterocycles. The van der Waals surface area contributed by atoms with E-state index in [1.807, 2.05) is 77.1 Å². The van der Waals surface area contributed by atoms with Crippen molar-refractivity contribution in [1.29, 1.82) is 0 Å². The summed E-state index contributed by atoms with van der Waals surface area (Å²) in [5, 5.41) is 3.55. The van der Waals surface area contributed by atoms with Crippen LogP contribution >= 0.6 is 11.6 Å². The first-order valence-electron chi connectivity index (χ1n) is 13.0. The number of nitrogens with one attached hydrogen (secondary N) is 2. The molecule has 0 fully saturated rings. The average molecular weight is 533 g/mol. The van der Waals surface area contributed by atoms with Gasteiger partial charge in [-0.05, 0) is 86.0 Å². The van der Waals surface area contributed by atoms with E-state index in [-0.39, 0.29) is 5.91 Å². The number of carbonyl (C=O) groups is 1. The molecule has 0 atom stereocenters. The molecule has 0 aliphatic carbocycles. The predicted molar refractivity (Wildman–Crippen MR) is 164 cm³/mol. The van der Waals surface area contributed by atoms with Crippen LogP contribution in [0.4, 0.5) is 5.69 Å². The van der Waals surface area contributed by atoms with Crippen molar-refractivity contribution in [1.82, 2.24) is 15.0 Å². The number of unbranched alkanes of at least 4 members (excludes halogenated alkanes) is 1. The van der Waals surface area contributed by atoms with Crippen molar-refractivity contribution in [3.8, 4) is 11.4 Å². The molecule has 0 aliphatic heterocycles. The molecule has 0 saturated heterocycles. The standard InChI is InChI=1S/C14H14N2O.C12H11ClN2.C4H10.C2H6/c1-10-3-4-12(9-11(10)2)14(17)16-13-5-7-15-8-6-13;1-8(2)11-7-14-12(15-11)9-3-5-10(13)6-4-9;1-3-4-2;1-2/h3-9H,1-2H3,(H,15,16,17);3-7H,1H2,2H3,(H,14,15);3-4H2,1-2H3;1-2H3.